The molecule has 1 aliphatic carbocycles. The van der Waals surface area contributed by atoms with Crippen LogP contribution in [0.3, 0.4) is 0 Å². The number of rotatable bonds is 4. The molecule has 1 N–H and O–H groups in total. The number of nitrogens with zero attached hydrogens (tertiary/aromatic N) is 2. The van der Waals surface area contributed by atoms with Crippen molar-refractivity contribution in [3.8, 4) is 5.88 Å². The first-order valence-electron chi connectivity index (χ1n) is 6.29. The second-order valence-corrected chi connectivity index (χ2v) is 4.91. The average Bonchev–Trinajstić information content (AvgIpc) is 2.36. The average molecular weight is 292 g/mol. The van der Waals surface area contributed by atoms with E-state index in [1.54, 1.807) is 0 Å². The van der Waals surface area contributed by atoms with Crippen molar-refractivity contribution in [2.75, 3.05) is 11.9 Å². The van der Waals surface area contributed by atoms with E-state index >= 15 is 0 Å². The first-order valence-corrected chi connectivity index (χ1v) is 6.67. The van der Waals surface area contributed by atoms with Gasteiger partial charge in [-0.3, -0.25) is 0 Å². The van der Waals surface area contributed by atoms with E-state index in [2.05, 4.69) is 15.3 Å². The van der Waals surface area contributed by atoms with E-state index in [1.165, 1.54) is 6.33 Å². The molecule has 2 rings (SSSR count). The molecule has 0 radical (unpaired) electrons. The Hall–Kier alpha value is -1.17. The molecule has 1 fully saturated rings. The Balaban J connectivity index is 2.07. The van der Waals surface area contributed by atoms with Crippen LogP contribution >= 0.6 is 11.6 Å². The number of hydrogen-bond acceptors (Lipinski definition) is 4. The lowest BCUT2D eigenvalue weighted by molar-refractivity contribution is -0.0360. The van der Waals surface area contributed by atoms with Crippen LogP contribution < -0.4 is 10.1 Å². The largest absolute Gasteiger partial charge is 0.476 e. The van der Waals surface area contributed by atoms with Crippen LogP contribution in [0.25, 0.3) is 0 Å². The molecule has 0 saturated heterocycles. The standard InChI is InChI=1S/C12H16ClF2N3O/c1-2-19-11-9(10(13)16-7-17-11)18-8-3-5-12(14,15)6-4-8/h7-8,18H,2-6H2,1H3. The molecule has 1 aliphatic rings. The zero-order valence-corrected chi connectivity index (χ0v) is 11.4. The van der Waals surface area contributed by atoms with Crippen LogP contribution in [0.2, 0.25) is 5.15 Å². The molecule has 19 heavy (non-hydrogen) atoms. The van der Waals surface area contributed by atoms with E-state index < -0.39 is 5.92 Å². The summed E-state index contributed by atoms with van der Waals surface area (Å²) in [7, 11) is 0. The van der Waals surface area contributed by atoms with Gasteiger partial charge in [-0.25, -0.2) is 13.8 Å². The minimum absolute atomic E-state index is 0.0534. The Bertz CT molecular complexity index is 435. The van der Waals surface area contributed by atoms with Crippen molar-refractivity contribution in [1.29, 1.82) is 0 Å². The van der Waals surface area contributed by atoms with Gasteiger partial charge < -0.3 is 10.1 Å². The van der Waals surface area contributed by atoms with Crippen molar-refractivity contribution in [1.82, 2.24) is 9.97 Å². The SMILES string of the molecule is CCOc1ncnc(Cl)c1NC1CCC(F)(F)CC1. The molecule has 1 aromatic rings. The Morgan fingerprint density at radius 2 is 2.11 bits per heavy atom. The summed E-state index contributed by atoms with van der Waals surface area (Å²) in [5, 5.41) is 3.37. The summed E-state index contributed by atoms with van der Waals surface area (Å²) in [5.74, 6) is -2.18. The van der Waals surface area contributed by atoms with Crippen LogP contribution in [0, 0.1) is 0 Å². The second-order valence-electron chi connectivity index (χ2n) is 4.55. The minimum Gasteiger partial charge on any atom is -0.476 e. The number of anilines is 1. The minimum atomic E-state index is -2.54. The maximum Gasteiger partial charge on any atom is 0.248 e. The van der Waals surface area contributed by atoms with Crippen LogP contribution in [0.15, 0.2) is 6.33 Å². The molecule has 0 aromatic carbocycles. The summed E-state index contributed by atoms with van der Waals surface area (Å²) in [5.41, 5.74) is 0.487. The van der Waals surface area contributed by atoms with Crippen LogP contribution in [0.1, 0.15) is 32.6 Å². The lowest BCUT2D eigenvalue weighted by atomic mass is 9.92. The molecule has 0 amide bonds. The van der Waals surface area contributed by atoms with Gasteiger partial charge in [0.05, 0.1) is 6.61 Å². The van der Waals surface area contributed by atoms with Crippen molar-refractivity contribution >= 4 is 17.3 Å². The van der Waals surface area contributed by atoms with Gasteiger partial charge in [0, 0.05) is 18.9 Å². The molecular formula is C12H16ClF2N3O. The van der Waals surface area contributed by atoms with E-state index in [-0.39, 0.29) is 24.0 Å². The first kappa shape index (κ1) is 14.2. The summed E-state index contributed by atoms with van der Waals surface area (Å²) < 4.78 is 31.5. The van der Waals surface area contributed by atoms with E-state index in [9.17, 15) is 8.78 Å². The Morgan fingerprint density at radius 3 is 2.74 bits per heavy atom. The molecule has 0 bridgehead atoms. The Morgan fingerprint density at radius 1 is 1.42 bits per heavy atom. The fourth-order valence-corrected chi connectivity index (χ4v) is 2.28. The van der Waals surface area contributed by atoms with Gasteiger partial charge in [-0.15, -0.1) is 0 Å². The van der Waals surface area contributed by atoms with Gasteiger partial charge >= 0.3 is 0 Å². The highest BCUT2D eigenvalue weighted by Crippen LogP contribution is 2.36. The molecule has 106 valence electrons. The molecule has 0 spiro atoms. The topological polar surface area (TPSA) is 47.0 Å². The molecular weight excluding hydrogens is 276 g/mol. The fraction of sp³-hybridized carbons (Fsp3) is 0.667. The number of aromatic nitrogens is 2. The summed E-state index contributed by atoms with van der Waals surface area (Å²) in [6.45, 7) is 2.28. The maximum absolute atomic E-state index is 13.1. The van der Waals surface area contributed by atoms with Gasteiger partial charge in [0.15, 0.2) is 5.15 Å². The third-order valence-electron chi connectivity index (χ3n) is 3.11. The van der Waals surface area contributed by atoms with Crippen molar-refractivity contribution in [3.05, 3.63) is 11.5 Å². The molecule has 1 heterocycles. The highest BCUT2D eigenvalue weighted by Gasteiger charge is 2.35. The predicted octanol–water partition coefficient (Wildman–Crippen LogP) is 3.52. The van der Waals surface area contributed by atoms with Crippen LogP contribution in [0.5, 0.6) is 5.88 Å². The Kier molecular flexibility index (Phi) is 4.39. The van der Waals surface area contributed by atoms with Crippen LogP contribution in [-0.4, -0.2) is 28.5 Å². The monoisotopic (exact) mass is 291 g/mol. The molecule has 0 atom stereocenters. The summed E-state index contributed by atoms with van der Waals surface area (Å²) in [6, 6.07) is -0.0534. The van der Waals surface area contributed by atoms with E-state index in [0.29, 0.717) is 31.0 Å². The predicted molar refractivity (Wildman–Crippen MR) is 69.0 cm³/mol. The van der Waals surface area contributed by atoms with Crippen molar-refractivity contribution in [2.45, 2.75) is 44.6 Å². The van der Waals surface area contributed by atoms with E-state index in [4.69, 9.17) is 16.3 Å². The quantitative estimate of drug-likeness (QED) is 0.862. The number of ether oxygens (including phenoxy) is 1. The smallest absolute Gasteiger partial charge is 0.248 e. The summed E-state index contributed by atoms with van der Waals surface area (Å²) in [6.07, 6.45) is 1.88. The van der Waals surface area contributed by atoms with Crippen LogP contribution in [-0.2, 0) is 0 Å². The molecule has 1 saturated carbocycles. The molecule has 7 heteroatoms. The number of nitrogens with one attached hydrogen (secondary N) is 1. The van der Waals surface area contributed by atoms with Gasteiger partial charge in [0.1, 0.15) is 12.0 Å². The highest BCUT2D eigenvalue weighted by atomic mass is 35.5. The lowest BCUT2D eigenvalue weighted by Gasteiger charge is -2.29. The number of halogens is 3. The van der Waals surface area contributed by atoms with Gasteiger partial charge in [-0.05, 0) is 19.8 Å². The summed E-state index contributed by atoms with van der Waals surface area (Å²) >= 11 is 6.00. The van der Waals surface area contributed by atoms with Gasteiger partial charge in [0.2, 0.25) is 11.8 Å². The Labute approximate surface area is 115 Å². The lowest BCUT2D eigenvalue weighted by Crippen LogP contribution is -2.32. The molecule has 4 nitrogen and oxygen atoms in total. The third kappa shape index (κ3) is 3.65. The fourth-order valence-electron chi connectivity index (χ4n) is 2.11. The zero-order valence-electron chi connectivity index (χ0n) is 10.6. The molecule has 0 unspecified atom stereocenters. The third-order valence-corrected chi connectivity index (χ3v) is 3.40. The zero-order chi connectivity index (χ0) is 13.9. The maximum atomic E-state index is 13.1. The normalized spacial score (nSPS) is 19.2. The van der Waals surface area contributed by atoms with E-state index in [1.807, 2.05) is 6.92 Å². The summed E-state index contributed by atoms with van der Waals surface area (Å²) in [4.78, 5) is 7.87. The number of hydrogen-bond donors (Lipinski definition) is 1. The van der Waals surface area contributed by atoms with Gasteiger partial charge in [-0.1, -0.05) is 11.6 Å². The van der Waals surface area contributed by atoms with E-state index in [0.717, 1.165) is 0 Å². The molecule has 0 aliphatic heterocycles. The highest BCUT2D eigenvalue weighted by molar-refractivity contribution is 6.32. The number of alkyl halides is 2. The van der Waals surface area contributed by atoms with Gasteiger partial charge in [0.25, 0.3) is 0 Å². The van der Waals surface area contributed by atoms with Crippen molar-refractivity contribution in [2.24, 2.45) is 0 Å². The van der Waals surface area contributed by atoms with Crippen molar-refractivity contribution < 1.29 is 13.5 Å². The van der Waals surface area contributed by atoms with Gasteiger partial charge in [-0.2, -0.15) is 4.98 Å². The van der Waals surface area contributed by atoms with Crippen LogP contribution in [0.4, 0.5) is 14.5 Å². The molecule has 1 aromatic heterocycles. The van der Waals surface area contributed by atoms with Crippen molar-refractivity contribution in [3.63, 3.8) is 0 Å². The second kappa shape index (κ2) is 5.86. The first-order chi connectivity index (χ1) is 9.02.